The van der Waals surface area contributed by atoms with Gasteiger partial charge in [0.2, 0.25) is 5.89 Å². The molecule has 0 spiro atoms. The second kappa shape index (κ2) is 8.50. The lowest BCUT2D eigenvalue weighted by Crippen LogP contribution is -2.40. The molecule has 0 aliphatic rings. The molecule has 0 N–H and O–H groups in total. The van der Waals surface area contributed by atoms with Gasteiger partial charge in [0.15, 0.2) is 0 Å². The van der Waals surface area contributed by atoms with Crippen molar-refractivity contribution in [3.05, 3.63) is 79.4 Å². The third-order valence-corrected chi connectivity index (χ3v) is 5.42. The zero-order valence-corrected chi connectivity index (χ0v) is 19.1. The Morgan fingerprint density at radius 2 is 1.79 bits per heavy atom. The Morgan fingerprint density at radius 3 is 2.45 bits per heavy atom. The van der Waals surface area contributed by atoms with Crippen LogP contribution in [-0.2, 0) is 18.3 Å². The first kappa shape index (κ1) is 22.2. The minimum Gasteiger partial charge on any atom is -0.462 e. The topological polar surface area (TPSA) is 109 Å². The van der Waals surface area contributed by atoms with Gasteiger partial charge in [-0.2, -0.15) is 0 Å². The van der Waals surface area contributed by atoms with E-state index in [9.17, 15) is 14.4 Å². The number of benzene rings is 1. The quantitative estimate of drug-likeness (QED) is 0.432. The molecule has 0 saturated carbocycles. The van der Waals surface area contributed by atoms with E-state index in [1.54, 1.807) is 20.8 Å². The number of hydrogen-bond donors (Lipinski definition) is 0. The Hall–Kier alpha value is -4.01. The summed E-state index contributed by atoms with van der Waals surface area (Å²) < 4.78 is 13.2. The maximum Gasteiger partial charge on any atom is 0.339 e. The van der Waals surface area contributed by atoms with Gasteiger partial charge >= 0.3 is 11.7 Å². The van der Waals surface area contributed by atoms with Crippen LogP contribution in [0, 0.1) is 20.8 Å². The standard InChI is InChI=1S/C24H24N4O5/c1-6-32-23(30)17-11-14(3)25-20-19(17)22(29)28(24(31)27(20)5)12-18-15(4)33-21(26-18)16-9-7-13(2)8-10-16/h7-11H,6,12H2,1-5H3. The Balaban J connectivity index is 1.87. The number of carbonyl (C=O) groups excluding carboxylic acids is 1. The van der Waals surface area contributed by atoms with Crippen molar-refractivity contribution in [1.29, 1.82) is 0 Å². The summed E-state index contributed by atoms with van der Waals surface area (Å²) in [5.74, 6) is 0.250. The van der Waals surface area contributed by atoms with Crippen LogP contribution in [0.15, 0.2) is 44.3 Å². The predicted octanol–water partition coefficient (Wildman–Crippen LogP) is 2.90. The Labute approximate surface area is 189 Å². The van der Waals surface area contributed by atoms with E-state index in [1.807, 2.05) is 31.2 Å². The largest absolute Gasteiger partial charge is 0.462 e. The van der Waals surface area contributed by atoms with Gasteiger partial charge in [-0.1, -0.05) is 17.7 Å². The molecule has 0 aliphatic heterocycles. The van der Waals surface area contributed by atoms with Gasteiger partial charge in [0.25, 0.3) is 5.56 Å². The van der Waals surface area contributed by atoms with E-state index in [4.69, 9.17) is 9.15 Å². The lowest BCUT2D eigenvalue weighted by molar-refractivity contribution is 0.0528. The summed E-state index contributed by atoms with van der Waals surface area (Å²) in [6, 6.07) is 9.18. The van der Waals surface area contributed by atoms with Crippen LogP contribution in [0.3, 0.4) is 0 Å². The number of oxazole rings is 1. The van der Waals surface area contributed by atoms with Crippen molar-refractivity contribution in [1.82, 2.24) is 19.1 Å². The summed E-state index contributed by atoms with van der Waals surface area (Å²) >= 11 is 0. The highest BCUT2D eigenvalue weighted by atomic mass is 16.5. The molecule has 0 saturated heterocycles. The monoisotopic (exact) mass is 448 g/mol. The van der Waals surface area contributed by atoms with Crippen LogP contribution in [-0.4, -0.2) is 31.7 Å². The predicted molar refractivity (Wildman–Crippen MR) is 122 cm³/mol. The van der Waals surface area contributed by atoms with E-state index in [0.29, 0.717) is 23.0 Å². The van der Waals surface area contributed by atoms with Crippen molar-refractivity contribution in [2.24, 2.45) is 7.05 Å². The van der Waals surface area contributed by atoms with Crippen molar-refractivity contribution in [3.63, 3.8) is 0 Å². The molecule has 0 fully saturated rings. The van der Waals surface area contributed by atoms with Crippen LogP contribution < -0.4 is 11.2 Å². The van der Waals surface area contributed by atoms with Crippen molar-refractivity contribution >= 4 is 17.0 Å². The molecule has 33 heavy (non-hydrogen) atoms. The molecule has 9 nitrogen and oxygen atoms in total. The molecule has 0 bridgehead atoms. The average molecular weight is 448 g/mol. The van der Waals surface area contributed by atoms with Crippen molar-refractivity contribution in [2.75, 3.05) is 6.61 Å². The van der Waals surface area contributed by atoms with Gasteiger partial charge in [-0.25, -0.2) is 19.6 Å². The molecule has 4 aromatic rings. The second-order valence-corrected chi connectivity index (χ2v) is 7.85. The molecule has 3 aromatic heterocycles. The molecule has 4 rings (SSSR count). The summed E-state index contributed by atoms with van der Waals surface area (Å²) in [7, 11) is 1.51. The zero-order valence-electron chi connectivity index (χ0n) is 19.1. The van der Waals surface area contributed by atoms with Crippen LogP contribution in [0.2, 0.25) is 0 Å². The summed E-state index contributed by atoms with van der Waals surface area (Å²) in [5.41, 5.74) is 1.83. The van der Waals surface area contributed by atoms with E-state index in [0.717, 1.165) is 15.7 Å². The normalized spacial score (nSPS) is 11.2. The number of aromatic nitrogens is 4. The lowest BCUT2D eigenvalue weighted by Gasteiger charge is -2.12. The first-order valence-corrected chi connectivity index (χ1v) is 10.5. The van der Waals surface area contributed by atoms with Crippen LogP contribution >= 0.6 is 0 Å². The number of esters is 1. The minimum atomic E-state index is -0.644. The van der Waals surface area contributed by atoms with E-state index in [-0.39, 0.29) is 29.7 Å². The molecule has 9 heteroatoms. The Kier molecular flexibility index (Phi) is 5.71. The van der Waals surface area contributed by atoms with Gasteiger partial charge in [-0.05, 0) is 45.9 Å². The summed E-state index contributed by atoms with van der Waals surface area (Å²) in [6.07, 6.45) is 0. The van der Waals surface area contributed by atoms with Crippen LogP contribution in [0.5, 0.6) is 0 Å². The molecule has 3 heterocycles. The fourth-order valence-corrected chi connectivity index (χ4v) is 3.66. The Morgan fingerprint density at radius 1 is 1.09 bits per heavy atom. The second-order valence-electron chi connectivity index (χ2n) is 7.85. The first-order valence-electron chi connectivity index (χ1n) is 10.5. The molecule has 0 amide bonds. The van der Waals surface area contributed by atoms with Crippen LogP contribution in [0.25, 0.3) is 22.5 Å². The number of fused-ring (bicyclic) bond motifs is 1. The van der Waals surface area contributed by atoms with Crippen molar-refractivity contribution < 1.29 is 13.9 Å². The van der Waals surface area contributed by atoms with Gasteiger partial charge in [0.05, 0.1) is 24.1 Å². The molecular weight excluding hydrogens is 424 g/mol. The van der Waals surface area contributed by atoms with Crippen molar-refractivity contribution in [2.45, 2.75) is 34.2 Å². The van der Waals surface area contributed by atoms with E-state index in [1.165, 1.54) is 17.7 Å². The van der Waals surface area contributed by atoms with E-state index < -0.39 is 17.2 Å². The highest BCUT2D eigenvalue weighted by Crippen LogP contribution is 2.22. The van der Waals surface area contributed by atoms with E-state index in [2.05, 4.69) is 9.97 Å². The number of aryl methyl sites for hydroxylation is 4. The fraction of sp³-hybridized carbons (Fsp3) is 0.292. The number of carbonyl (C=O) groups is 1. The van der Waals surface area contributed by atoms with Gasteiger partial charge in [-0.3, -0.25) is 13.9 Å². The average Bonchev–Trinajstić information content (AvgIpc) is 3.15. The fourth-order valence-electron chi connectivity index (χ4n) is 3.66. The SMILES string of the molecule is CCOC(=O)c1cc(C)nc2c1c(=O)n(Cc1nc(-c3ccc(C)cc3)oc1C)c(=O)n2C. The molecule has 0 unspecified atom stereocenters. The Bertz CT molecular complexity index is 1490. The molecule has 0 aliphatic carbocycles. The minimum absolute atomic E-state index is 0.0288. The molecule has 0 atom stereocenters. The zero-order chi connectivity index (χ0) is 23.9. The lowest BCUT2D eigenvalue weighted by atomic mass is 10.1. The van der Waals surface area contributed by atoms with Gasteiger partial charge < -0.3 is 9.15 Å². The number of hydrogen-bond acceptors (Lipinski definition) is 7. The molecule has 0 radical (unpaired) electrons. The maximum absolute atomic E-state index is 13.4. The summed E-state index contributed by atoms with van der Waals surface area (Å²) in [6.45, 7) is 7.12. The highest BCUT2D eigenvalue weighted by Gasteiger charge is 2.22. The first-order chi connectivity index (χ1) is 15.7. The van der Waals surface area contributed by atoms with Gasteiger partial charge in [0.1, 0.15) is 17.1 Å². The number of pyridine rings is 1. The van der Waals surface area contributed by atoms with Crippen LogP contribution in [0.4, 0.5) is 0 Å². The summed E-state index contributed by atoms with van der Waals surface area (Å²) in [5, 5.41) is 0.0288. The smallest absolute Gasteiger partial charge is 0.339 e. The third kappa shape index (κ3) is 3.97. The van der Waals surface area contributed by atoms with Crippen LogP contribution in [0.1, 0.15) is 40.0 Å². The molecular formula is C24H24N4O5. The highest BCUT2D eigenvalue weighted by molar-refractivity contribution is 6.02. The van der Waals surface area contributed by atoms with Crippen molar-refractivity contribution in [3.8, 4) is 11.5 Å². The third-order valence-electron chi connectivity index (χ3n) is 5.42. The molecule has 1 aromatic carbocycles. The molecule has 170 valence electrons. The number of rotatable bonds is 5. The number of ether oxygens (including phenoxy) is 1. The summed E-state index contributed by atoms with van der Waals surface area (Å²) in [4.78, 5) is 47.9. The van der Waals surface area contributed by atoms with E-state index >= 15 is 0 Å². The maximum atomic E-state index is 13.4. The van der Waals surface area contributed by atoms with Gasteiger partial charge in [-0.15, -0.1) is 0 Å². The number of nitrogens with zero attached hydrogens (tertiary/aromatic N) is 4. The van der Waals surface area contributed by atoms with Gasteiger partial charge in [0, 0.05) is 18.3 Å².